The zero-order valence-corrected chi connectivity index (χ0v) is 8.26. The highest BCUT2D eigenvalue weighted by molar-refractivity contribution is 6.87. The van der Waals surface area contributed by atoms with Crippen LogP contribution in [0, 0.1) is 0 Å². The Labute approximate surface area is 69.9 Å². The van der Waals surface area contributed by atoms with Crippen LogP contribution in [0.25, 0.3) is 0 Å². The van der Waals surface area contributed by atoms with Gasteiger partial charge in [-0.15, -0.1) is 0 Å². The highest BCUT2D eigenvalue weighted by atomic mass is 28.3. The highest BCUT2D eigenvalue weighted by Crippen LogP contribution is 1.93. The van der Waals surface area contributed by atoms with Gasteiger partial charge in [-0.1, -0.05) is 19.6 Å². The standard InChI is InChI=1S/C6H11N3O2Si/c1-12(2,3)5-4(10)7-6(11)9-8-5/h1-3H3,(H2,7,9,10,11). The fourth-order valence-electron chi connectivity index (χ4n) is 0.856. The van der Waals surface area contributed by atoms with E-state index < -0.39 is 13.8 Å². The van der Waals surface area contributed by atoms with Gasteiger partial charge in [0.15, 0.2) is 0 Å². The molecule has 5 nitrogen and oxygen atoms in total. The van der Waals surface area contributed by atoms with Crippen LogP contribution in [-0.4, -0.2) is 23.3 Å². The minimum atomic E-state index is -1.73. The number of hydrogen-bond donors (Lipinski definition) is 2. The van der Waals surface area contributed by atoms with Crippen molar-refractivity contribution in [3.8, 4) is 0 Å². The van der Waals surface area contributed by atoms with E-state index in [4.69, 9.17) is 0 Å². The topological polar surface area (TPSA) is 78.6 Å². The van der Waals surface area contributed by atoms with E-state index >= 15 is 0 Å². The fourth-order valence-corrected chi connectivity index (χ4v) is 1.99. The quantitative estimate of drug-likeness (QED) is 0.551. The summed E-state index contributed by atoms with van der Waals surface area (Å²) in [5.74, 6) is 0. The van der Waals surface area contributed by atoms with Crippen molar-refractivity contribution in [2.45, 2.75) is 19.6 Å². The molecule has 0 aliphatic heterocycles. The van der Waals surface area contributed by atoms with Crippen molar-refractivity contribution in [2.75, 3.05) is 0 Å². The van der Waals surface area contributed by atoms with Crippen LogP contribution in [0.3, 0.4) is 0 Å². The van der Waals surface area contributed by atoms with Gasteiger partial charge in [0.05, 0.1) is 0 Å². The first-order chi connectivity index (χ1) is 5.41. The van der Waals surface area contributed by atoms with Crippen molar-refractivity contribution in [1.29, 1.82) is 0 Å². The summed E-state index contributed by atoms with van der Waals surface area (Å²) < 4.78 is 0. The molecule has 0 amide bonds. The first-order valence-electron chi connectivity index (χ1n) is 3.61. The van der Waals surface area contributed by atoms with Gasteiger partial charge in [0, 0.05) is 0 Å². The minimum absolute atomic E-state index is 0.363. The molecule has 1 aromatic heterocycles. The van der Waals surface area contributed by atoms with E-state index in [1.54, 1.807) is 0 Å². The molecule has 0 bridgehead atoms. The lowest BCUT2D eigenvalue weighted by molar-refractivity contribution is 0.910. The molecule has 12 heavy (non-hydrogen) atoms. The monoisotopic (exact) mass is 185 g/mol. The third kappa shape index (κ3) is 1.70. The Kier molecular flexibility index (Phi) is 2.01. The van der Waals surface area contributed by atoms with E-state index in [2.05, 4.69) is 15.2 Å². The second-order valence-electron chi connectivity index (χ2n) is 3.61. The van der Waals surface area contributed by atoms with Crippen LogP contribution in [0.4, 0.5) is 0 Å². The van der Waals surface area contributed by atoms with Crippen molar-refractivity contribution in [1.82, 2.24) is 15.2 Å². The maximum Gasteiger partial charge on any atom is 0.342 e. The zero-order valence-electron chi connectivity index (χ0n) is 7.26. The number of rotatable bonds is 1. The van der Waals surface area contributed by atoms with Crippen molar-refractivity contribution in [3.05, 3.63) is 20.8 Å². The molecule has 0 aliphatic rings. The summed E-state index contributed by atoms with van der Waals surface area (Å²) in [6, 6.07) is 0. The fraction of sp³-hybridized carbons (Fsp3) is 0.500. The van der Waals surface area contributed by atoms with E-state index in [1.807, 2.05) is 19.6 Å². The molecule has 0 aliphatic carbocycles. The molecule has 1 aromatic rings. The molecule has 1 heterocycles. The molecule has 0 unspecified atom stereocenters. The predicted octanol–water partition coefficient (Wildman–Crippen LogP) is -0.997. The van der Waals surface area contributed by atoms with Crippen LogP contribution in [0.2, 0.25) is 19.6 Å². The number of nitrogens with one attached hydrogen (secondary N) is 2. The van der Waals surface area contributed by atoms with E-state index in [0.29, 0.717) is 5.32 Å². The molecule has 0 spiro atoms. The van der Waals surface area contributed by atoms with Crippen molar-refractivity contribution in [3.63, 3.8) is 0 Å². The lowest BCUT2D eigenvalue weighted by Gasteiger charge is -2.11. The van der Waals surface area contributed by atoms with E-state index in [0.717, 1.165) is 0 Å². The third-order valence-electron chi connectivity index (χ3n) is 1.42. The SMILES string of the molecule is C[Si](C)(C)c1n[nH]c(=O)[nH]c1=O. The Morgan fingerprint density at radius 2 is 1.83 bits per heavy atom. The van der Waals surface area contributed by atoms with Gasteiger partial charge in [0.1, 0.15) is 13.4 Å². The van der Waals surface area contributed by atoms with Gasteiger partial charge in [-0.2, -0.15) is 5.10 Å². The molecule has 0 saturated heterocycles. The Morgan fingerprint density at radius 1 is 1.25 bits per heavy atom. The average Bonchev–Trinajstić information content (AvgIpc) is 1.83. The lowest BCUT2D eigenvalue weighted by atomic mass is 10.8. The van der Waals surface area contributed by atoms with E-state index in [1.165, 1.54) is 0 Å². The number of hydrogen-bond acceptors (Lipinski definition) is 3. The summed E-state index contributed by atoms with van der Waals surface area (Å²) in [5.41, 5.74) is -0.917. The van der Waals surface area contributed by atoms with Gasteiger partial charge in [-0.3, -0.25) is 9.78 Å². The molecule has 66 valence electrons. The number of aromatic nitrogens is 3. The maximum absolute atomic E-state index is 11.2. The van der Waals surface area contributed by atoms with E-state index in [-0.39, 0.29) is 5.56 Å². The normalized spacial score (nSPS) is 11.6. The van der Waals surface area contributed by atoms with Crippen LogP contribution in [0.15, 0.2) is 9.59 Å². The first-order valence-corrected chi connectivity index (χ1v) is 7.11. The second kappa shape index (κ2) is 2.70. The molecule has 0 atom stereocenters. The number of H-pyrrole nitrogens is 2. The van der Waals surface area contributed by atoms with Crippen LogP contribution in [0.5, 0.6) is 0 Å². The molecule has 0 radical (unpaired) electrons. The van der Waals surface area contributed by atoms with Crippen molar-refractivity contribution in [2.24, 2.45) is 0 Å². The Bertz CT molecular complexity index is 387. The van der Waals surface area contributed by atoms with Gasteiger partial charge < -0.3 is 0 Å². The summed E-state index contributed by atoms with van der Waals surface area (Å²) in [6.07, 6.45) is 0. The van der Waals surface area contributed by atoms with Crippen LogP contribution in [0.1, 0.15) is 0 Å². The molecular formula is C6H11N3O2Si. The molecule has 0 fully saturated rings. The summed E-state index contributed by atoms with van der Waals surface area (Å²) in [4.78, 5) is 23.9. The predicted molar refractivity (Wildman–Crippen MR) is 48.5 cm³/mol. The second-order valence-corrected chi connectivity index (χ2v) is 8.58. The molecule has 0 aromatic carbocycles. The summed E-state index contributed by atoms with van der Waals surface area (Å²) >= 11 is 0. The van der Waals surface area contributed by atoms with E-state index in [9.17, 15) is 9.59 Å². The third-order valence-corrected chi connectivity index (χ3v) is 3.18. The molecule has 0 saturated carbocycles. The Morgan fingerprint density at radius 3 is 2.25 bits per heavy atom. The number of aromatic amines is 2. The zero-order chi connectivity index (χ0) is 9.35. The minimum Gasteiger partial charge on any atom is -0.272 e. The Hall–Kier alpha value is -1.17. The summed E-state index contributed by atoms with van der Waals surface area (Å²) in [7, 11) is -1.73. The maximum atomic E-state index is 11.2. The highest BCUT2D eigenvalue weighted by Gasteiger charge is 2.22. The molecule has 1 rings (SSSR count). The Balaban J connectivity index is 3.39. The van der Waals surface area contributed by atoms with Crippen LogP contribution < -0.4 is 16.6 Å². The van der Waals surface area contributed by atoms with Gasteiger partial charge in [-0.25, -0.2) is 9.89 Å². The van der Waals surface area contributed by atoms with Crippen LogP contribution >= 0.6 is 0 Å². The van der Waals surface area contributed by atoms with Crippen molar-refractivity contribution >= 4 is 13.4 Å². The van der Waals surface area contributed by atoms with Crippen molar-refractivity contribution < 1.29 is 0 Å². The van der Waals surface area contributed by atoms with Gasteiger partial charge in [0.2, 0.25) is 0 Å². The smallest absolute Gasteiger partial charge is 0.272 e. The van der Waals surface area contributed by atoms with Gasteiger partial charge in [0.25, 0.3) is 5.56 Å². The average molecular weight is 185 g/mol. The molecule has 6 heteroatoms. The summed E-state index contributed by atoms with van der Waals surface area (Å²) in [6.45, 7) is 5.97. The van der Waals surface area contributed by atoms with Crippen LogP contribution in [-0.2, 0) is 0 Å². The molecule has 2 N–H and O–H groups in total. The molecular weight excluding hydrogens is 174 g/mol. The largest absolute Gasteiger partial charge is 0.342 e. The first kappa shape index (κ1) is 8.92. The van der Waals surface area contributed by atoms with Gasteiger partial charge >= 0.3 is 5.69 Å². The number of nitrogens with zero attached hydrogens (tertiary/aromatic N) is 1. The lowest BCUT2D eigenvalue weighted by Crippen LogP contribution is -2.53. The van der Waals surface area contributed by atoms with Gasteiger partial charge in [-0.05, 0) is 0 Å². The summed E-state index contributed by atoms with van der Waals surface area (Å²) in [5, 5.41) is 6.42.